The molecule has 1 saturated heterocycles. The van der Waals surface area contributed by atoms with E-state index in [4.69, 9.17) is 22.3 Å². The first kappa shape index (κ1) is 22.7. The van der Waals surface area contributed by atoms with Crippen LogP contribution in [0.3, 0.4) is 0 Å². The Bertz CT molecular complexity index is 1520. The molecule has 7 nitrogen and oxygen atoms in total. The highest BCUT2D eigenvalue weighted by Crippen LogP contribution is 2.52. The highest BCUT2D eigenvalue weighted by Gasteiger charge is 2.46. The lowest BCUT2D eigenvalue weighted by Gasteiger charge is -2.42. The smallest absolute Gasteiger partial charge is 0.159 e. The molecule has 180 valence electrons. The lowest BCUT2D eigenvalue weighted by molar-refractivity contribution is 0.187. The summed E-state index contributed by atoms with van der Waals surface area (Å²) in [6.07, 6.45) is 12.9. The van der Waals surface area contributed by atoms with E-state index in [1.807, 2.05) is 28.9 Å². The number of benzene rings is 1. The van der Waals surface area contributed by atoms with Gasteiger partial charge in [-0.3, -0.25) is 4.40 Å². The third kappa shape index (κ3) is 3.41. The van der Waals surface area contributed by atoms with Gasteiger partial charge in [0, 0.05) is 43.3 Å². The number of rotatable bonds is 4. The van der Waals surface area contributed by atoms with E-state index in [2.05, 4.69) is 39.6 Å². The number of nitrogens with two attached hydrogens (primary N) is 1. The Balaban J connectivity index is 1.29. The van der Waals surface area contributed by atoms with Gasteiger partial charge in [0.2, 0.25) is 0 Å². The highest BCUT2D eigenvalue weighted by atomic mass is 35.5. The summed E-state index contributed by atoms with van der Waals surface area (Å²) in [5, 5.41) is 9.62. The first-order valence-corrected chi connectivity index (χ1v) is 12.5. The number of hydrogen-bond acceptors (Lipinski definition) is 6. The van der Waals surface area contributed by atoms with Crippen molar-refractivity contribution in [3.05, 3.63) is 89.1 Å². The van der Waals surface area contributed by atoms with Gasteiger partial charge in [0.25, 0.3) is 0 Å². The van der Waals surface area contributed by atoms with Gasteiger partial charge in [-0.15, -0.1) is 6.58 Å². The van der Waals surface area contributed by atoms with Crippen molar-refractivity contribution in [2.24, 2.45) is 11.1 Å². The maximum absolute atomic E-state index is 9.32. The van der Waals surface area contributed by atoms with Crippen molar-refractivity contribution in [3.63, 3.8) is 0 Å². The van der Waals surface area contributed by atoms with Gasteiger partial charge in [-0.2, -0.15) is 5.26 Å². The van der Waals surface area contributed by atoms with E-state index in [9.17, 15) is 5.26 Å². The number of anilines is 1. The molecule has 2 N–H and O–H groups in total. The highest BCUT2D eigenvalue weighted by molar-refractivity contribution is 6.34. The van der Waals surface area contributed by atoms with Crippen molar-refractivity contribution in [1.29, 1.82) is 5.26 Å². The van der Waals surface area contributed by atoms with Crippen LogP contribution in [0.25, 0.3) is 16.9 Å². The normalized spacial score (nSPS) is 18.4. The number of fused-ring (bicyclic) bond motifs is 2. The van der Waals surface area contributed by atoms with E-state index in [0.717, 1.165) is 50.1 Å². The Morgan fingerprint density at radius 3 is 2.81 bits per heavy atom. The third-order valence-corrected chi connectivity index (χ3v) is 8.28. The van der Waals surface area contributed by atoms with Crippen molar-refractivity contribution in [1.82, 2.24) is 19.4 Å². The molecule has 1 aliphatic heterocycles. The summed E-state index contributed by atoms with van der Waals surface area (Å²) < 4.78 is 1.98. The number of allylic oxidation sites excluding steroid dienone is 1. The molecule has 1 fully saturated rings. The average Bonchev–Trinajstić information content (AvgIpc) is 3.45. The maximum atomic E-state index is 9.32. The Morgan fingerprint density at radius 2 is 2.03 bits per heavy atom. The Hall–Kier alpha value is -3.73. The first-order chi connectivity index (χ1) is 17.6. The summed E-state index contributed by atoms with van der Waals surface area (Å²) in [6, 6.07) is 10.4. The molecule has 4 heterocycles. The molecule has 0 amide bonds. The van der Waals surface area contributed by atoms with Crippen LogP contribution < -0.4 is 10.6 Å². The first-order valence-electron chi connectivity index (χ1n) is 12.2. The molecule has 0 saturated carbocycles. The van der Waals surface area contributed by atoms with Crippen LogP contribution >= 0.6 is 11.6 Å². The van der Waals surface area contributed by atoms with Crippen molar-refractivity contribution in [2.45, 2.75) is 31.7 Å². The largest absolute Gasteiger partial charge is 0.355 e. The molecule has 0 radical (unpaired) electrons. The third-order valence-electron chi connectivity index (χ3n) is 7.90. The molecule has 1 spiro atoms. The van der Waals surface area contributed by atoms with E-state index >= 15 is 0 Å². The van der Waals surface area contributed by atoms with Gasteiger partial charge in [0.05, 0.1) is 11.2 Å². The molecule has 1 unspecified atom stereocenters. The minimum absolute atomic E-state index is 0.0410. The molecule has 1 aliphatic carbocycles. The molecule has 1 atom stereocenters. The Kier molecular flexibility index (Phi) is 5.51. The fourth-order valence-electron chi connectivity index (χ4n) is 6.05. The molecule has 8 heteroatoms. The number of nitrogens with zero attached hydrogens (tertiary/aromatic N) is 6. The van der Waals surface area contributed by atoms with Gasteiger partial charge in [-0.05, 0) is 53.9 Å². The zero-order valence-electron chi connectivity index (χ0n) is 19.9. The molecule has 0 bridgehead atoms. The zero-order chi connectivity index (χ0) is 24.9. The minimum atomic E-state index is 0.0410. The molecular formula is C28H26ClN7. The Labute approximate surface area is 214 Å². The van der Waals surface area contributed by atoms with Gasteiger partial charge < -0.3 is 10.6 Å². The van der Waals surface area contributed by atoms with Gasteiger partial charge in [-0.1, -0.05) is 35.9 Å². The summed E-state index contributed by atoms with van der Waals surface area (Å²) >= 11 is 6.46. The number of pyridine rings is 1. The van der Waals surface area contributed by atoms with Crippen LogP contribution in [0.5, 0.6) is 0 Å². The molecule has 6 rings (SSSR count). The predicted molar refractivity (Wildman–Crippen MR) is 141 cm³/mol. The fraction of sp³-hybridized carbons (Fsp3) is 0.286. The van der Waals surface area contributed by atoms with Gasteiger partial charge >= 0.3 is 0 Å². The van der Waals surface area contributed by atoms with Crippen LogP contribution in [-0.2, 0) is 12.8 Å². The standard InChI is InChI=1S/C28H26ClN7/c1-2-4-18-5-3-6-19-15-28(25(31)23(18)19)8-12-35(13-9-28)27-22-17-34-26(36(22)14-11-33-27)20-7-10-32-21(16-30)24(20)29/h2-3,5-7,10-11,14,17,25H,1,4,8-9,12-13,15,31H2. The SMILES string of the molecule is C=CCc1cccc2c1C(N)C1(CCN(c3nccn4c(-c5ccnc(C#N)c5Cl)ncc34)CC1)C2. The van der Waals surface area contributed by atoms with E-state index in [1.54, 1.807) is 18.5 Å². The van der Waals surface area contributed by atoms with Crippen LogP contribution in [-0.4, -0.2) is 32.4 Å². The van der Waals surface area contributed by atoms with Crippen molar-refractivity contribution >= 4 is 22.9 Å². The zero-order valence-corrected chi connectivity index (χ0v) is 20.6. The van der Waals surface area contributed by atoms with E-state index < -0.39 is 0 Å². The quantitative estimate of drug-likeness (QED) is 0.405. The summed E-state index contributed by atoms with van der Waals surface area (Å²) in [6.45, 7) is 5.68. The van der Waals surface area contributed by atoms with E-state index in [1.165, 1.54) is 16.7 Å². The summed E-state index contributed by atoms with van der Waals surface area (Å²) in [5.74, 6) is 1.56. The lowest BCUT2D eigenvalue weighted by atomic mass is 9.73. The number of hydrogen-bond donors (Lipinski definition) is 1. The van der Waals surface area contributed by atoms with E-state index in [-0.39, 0.29) is 17.2 Å². The fourth-order valence-corrected chi connectivity index (χ4v) is 6.29. The second-order valence-corrected chi connectivity index (χ2v) is 10.1. The van der Waals surface area contributed by atoms with Gasteiger partial charge in [-0.25, -0.2) is 15.0 Å². The van der Waals surface area contributed by atoms with Crippen LogP contribution in [0, 0.1) is 16.7 Å². The van der Waals surface area contributed by atoms with Gasteiger partial charge in [0.15, 0.2) is 11.5 Å². The van der Waals surface area contributed by atoms with E-state index in [0.29, 0.717) is 16.4 Å². The van der Waals surface area contributed by atoms with Crippen LogP contribution in [0.15, 0.2) is 61.7 Å². The maximum Gasteiger partial charge on any atom is 0.159 e. The number of imidazole rings is 1. The van der Waals surface area contributed by atoms with Gasteiger partial charge in [0.1, 0.15) is 17.4 Å². The second kappa shape index (κ2) is 8.74. The average molecular weight is 496 g/mol. The molecule has 2 aliphatic rings. The molecule has 3 aromatic heterocycles. The van der Waals surface area contributed by atoms with Crippen LogP contribution in [0.1, 0.15) is 41.3 Å². The van der Waals surface area contributed by atoms with Crippen LogP contribution in [0.2, 0.25) is 5.02 Å². The lowest BCUT2D eigenvalue weighted by Crippen LogP contribution is -2.44. The van der Waals surface area contributed by atoms with Crippen molar-refractivity contribution in [2.75, 3.05) is 18.0 Å². The molecular weight excluding hydrogens is 470 g/mol. The predicted octanol–water partition coefficient (Wildman–Crippen LogP) is 4.89. The summed E-state index contributed by atoms with van der Waals surface area (Å²) in [4.78, 5) is 15.8. The molecule has 1 aromatic carbocycles. The topological polar surface area (TPSA) is 96.1 Å². The molecule has 4 aromatic rings. The van der Waals surface area contributed by atoms with Crippen molar-refractivity contribution < 1.29 is 0 Å². The second-order valence-electron chi connectivity index (χ2n) is 9.71. The monoisotopic (exact) mass is 495 g/mol. The number of nitriles is 1. The number of halogens is 1. The number of aromatic nitrogens is 4. The van der Waals surface area contributed by atoms with Crippen LogP contribution in [0.4, 0.5) is 5.82 Å². The minimum Gasteiger partial charge on any atom is -0.355 e. The number of piperidine rings is 1. The molecule has 36 heavy (non-hydrogen) atoms. The van der Waals surface area contributed by atoms with Crippen molar-refractivity contribution in [3.8, 4) is 17.5 Å². The Morgan fingerprint density at radius 1 is 1.19 bits per heavy atom. The summed E-state index contributed by atoms with van der Waals surface area (Å²) in [5.41, 5.74) is 12.8. The summed E-state index contributed by atoms with van der Waals surface area (Å²) in [7, 11) is 0.